The minimum Gasteiger partial charge on any atom is -0.382 e. The monoisotopic (exact) mass is 248 g/mol. The zero-order valence-corrected chi connectivity index (χ0v) is 12.0. The molecule has 0 aliphatic heterocycles. The van der Waals surface area contributed by atoms with Crippen LogP contribution in [0.5, 0.6) is 0 Å². The van der Waals surface area contributed by atoms with Gasteiger partial charge in [0.15, 0.2) is 0 Å². The molecule has 1 N–H and O–H groups in total. The molecule has 3 nitrogen and oxygen atoms in total. The Kier molecular flexibility index (Phi) is 5.20. The maximum atomic E-state index is 11.3. The summed E-state index contributed by atoms with van der Waals surface area (Å²) in [5.41, 5.74) is 1.98. The number of hydrogen-bond donors (Lipinski definition) is 1. The second kappa shape index (κ2) is 6.43. The average Bonchev–Trinajstić information content (AvgIpc) is 2.36. The van der Waals surface area contributed by atoms with Gasteiger partial charge in [0, 0.05) is 31.4 Å². The number of nitrogens with zero attached hydrogens (tertiary/aromatic N) is 1. The summed E-state index contributed by atoms with van der Waals surface area (Å²) in [6.45, 7) is 8.20. The first kappa shape index (κ1) is 14.6. The number of carbonyl (C=O) groups excluding carboxylic acids is 1. The van der Waals surface area contributed by atoms with Gasteiger partial charge < -0.3 is 10.2 Å². The summed E-state index contributed by atoms with van der Waals surface area (Å²) in [6.07, 6.45) is 1.15. The number of rotatable bonds is 5. The third-order valence-corrected chi connectivity index (χ3v) is 3.60. The highest BCUT2D eigenvalue weighted by Crippen LogP contribution is 2.21. The summed E-state index contributed by atoms with van der Waals surface area (Å²) in [7, 11) is 1.79. The van der Waals surface area contributed by atoms with Crippen molar-refractivity contribution in [2.24, 2.45) is 5.92 Å². The standard InChI is InChI=1S/C15H24N2O/c1-6-11(2)12(3)16-14-8-7-9-15(10-14)17(5)13(4)18/h7-12,16H,6H2,1-5H3/t11-,12-/m0/s1. The molecule has 0 unspecified atom stereocenters. The van der Waals surface area contributed by atoms with Gasteiger partial charge in [0.05, 0.1) is 0 Å². The molecule has 0 aliphatic carbocycles. The molecule has 1 rings (SSSR count). The average molecular weight is 248 g/mol. The van der Waals surface area contributed by atoms with Crippen molar-refractivity contribution in [3.05, 3.63) is 24.3 Å². The van der Waals surface area contributed by atoms with E-state index in [9.17, 15) is 4.79 Å². The molecule has 0 radical (unpaired) electrons. The molecule has 0 saturated heterocycles. The van der Waals surface area contributed by atoms with E-state index in [1.54, 1.807) is 18.9 Å². The van der Waals surface area contributed by atoms with E-state index in [2.05, 4.69) is 26.1 Å². The molecule has 0 fully saturated rings. The molecule has 2 atom stereocenters. The van der Waals surface area contributed by atoms with E-state index in [4.69, 9.17) is 0 Å². The number of benzene rings is 1. The van der Waals surface area contributed by atoms with E-state index in [-0.39, 0.29) is 5.91 Å². The number of nitrogens with one attached hydrogen (secondary N) is 1. The summed E-state index contributed by atoms with van der Waals surface area (Å²) >= 11 is 0. The van der Waals surface area contributed by atoms with Crippen LogP contribution >= 0.6 is 0 Å². The van der Waals surface area contributed by atoms with Crippen molar-refractivity contribution in [1.29, 1.82) is 0 Å². The molecule has 3 heteroatoms. The lowest BCUT2D eigenvalue weighted by atomic mass is 10.0. The Morgan fingerprint density at radius 2 is 2.06 bits per heavy atom. The molecule has 1 aromatic rings. The second-order valence-electron chi connectivity index (χ2n) is 4.95. The van der Waals surface area contributed by atoms with Gasteiger partial charge in [0.25, 0.3) is 0 Å². The smallest absolute Gasteiger partial charge is 0.223 e. The Balaban J connectivity index is 2.79. The van der Waals surface area contributed by atoms with E-state index < -0.39 is 0 Å². The molecule has 100 valence electrons. The van der Waals surface area contributed by atoms with Crippen LogP contribution in [0.1, 0.15) is 34.1 Å². The SMILES string of the molecule is CC[C@H](C)[C@H](C)Nc1cccc(N(C)C(C)=O)c1. The molecule has 1 amide bonds. The van der Waals surface area contributed by atoms with Crippen molar-refractivity contribution in [2.45, 2.75) is 40.2 Å². The summed E-state index contributed by atoms with van der Waals surface area (Å²) in [5, 5.41) is 3.49. The van der Waals surface area contributed by atoms with Crippen molar-refractivity contribution in [2.75, 3.05) is 17.3 Å². The van der Waals surface area contributed by atoms with Crippen molar-refractivity contribution >= 4 is 17.3 Å². The molecule has 0 bridgehead atoms. The molecule has 0 aliphatic rings. The third-order valence-electron chi connectivity index (χ3n) is 3.60. The van der Waals surface area contributed by atoms with Crippen LogP contribution in [-0.2, 0) is 4.79 Å². The molecule has 0 saturated carbocycles. The van der Waals surface area contributed by atoms with Crippen LogP contribution < -0.4 is 10.2 Å². The molecule has 18 heavy (non-hydrogen) atoms. The summed E-state index contributed by atoms with van der Waals surface area (Å²) in [5.74, 6) is 0.668. The van der Waals surface area contributed by atoms with Crippen molar-refractivity contribution < 1.29 is 4.79 Å². The fourth-order valence-electron chi connectivity index (χ4n) is 1.74. The van der Waals surface area contributed by atoms with Gasteiger partial charge in [-0.25, -0.2) is 0 Å². The molecule has 0 aromatic heterocycles. The van der Waals surface area contributed by atoms with Crippen LogP contribution in [0, 0.1) is 5.92 Å². The molecule has 0 heterocycles. The van der Waals surface area contributed by atoms with Gasteiger partial charge in [-0.3, -0.25) is 4.79 Å². The van der Waals surface area contributed by atoms with Crippen LogP contribution in [0.2, 0.25) is 0 Å². The molecule has 1 aromatic carbocycles. The molecular weight excluding hydrogens is 224 g/mol. The van der Waals surface area contributed by atoms with Crippen LogP contribution in [0.4, 0.5) is 11.4 Å². The van der Waals surface area contributed by atoms with E-state index in [1.165, 1.54) is 0 Å². The highest BCUT2D eigenvalue weighted by atomic mass is 16.2. The van der Waals surface area contributed by atoms with Gasteiger partial charge >= 0.3 is 0 Å². The minimum absolute atomic E-state index is 0.0436. The lowest BCUT2D eigenvalue weighted by molar-refractivity contribution is -0.116. The van der Waals surface area contributed by atoms with Gasteiger partial charge in [-0.05, 0) is 31.0 Å². The fourth-order valence-corrected chi connectivity index (χ4v) is 1.74. The zero-order valence-electron chi connectivity index (χ0n) is 12.0. The highest BCUT2D eigenvalue weighted by molar-refractivity contribution is 5.91. The normalized spacial score (nSPS) is 13.8. The number of amides is 1. The Labute approximate surface area is 110 Å². The second-order valence-corrected chi connectivity index (χ2v) is 4.95. The highest BCUT2D eigenvalue weighted by Gasteiger charge is 2.11. The maximum Gasteiger partial charge on any atom is 0.223 e. The number of hydrogen-bond acceptors (Lipinski definition) is 2. The first-order chi connectivity index (χ1) is 8.45. The first-order valence-electron chi connectivity index (χ1n) is 6.56. The quantitative estimate of drug-likeness (QED) is 0.864. The van der Waals surface area contributed by atoms with Gasteiger partial charge in [-0.2, -0.15) is 0 Å². The van der Waals surface area contributed by atoms with Crippen LogP contribution in [0.25, 0.3) is 0 Å². The van der Waals surface area contributed by atoms with Crippen molar-refractivity contribution in [1.82, 2.24) is 0 Å². The molecule has 0 spiro atoms. The van der Waals surface area contributed by atoms with E-state index >= 15 is 0 Å². The van der Waals surface area contributed by atoms with Gasteiger partial charge in [-0.15, -0.1) is 0 Å². The Bertz CT molecular complexity index is 403. The van der Waals surface area contributed by atoms with Crippen LogP contribution in [0.3, 0.4) is 0 Å². The van der Waals surface area contributed by atoms with Gasteiger partial charge in [0.2, 0.25) is 5.91 Å². The summed E-state index contributed by atoms with van der Waals surface area (Å²) < 4.78 is 0. The van der Waals surface area contributed by atoms with Crippen molar-refractivity contribution in [3.8, 4) is 0 Å². The number of carbonyl (C=O) groups is 1. The molecular formula is C15H24N2O. The Morgan fingerprint density at radius 3 is 2.61 bits per heavy atom. The lowest BCUT2D eigenvalue weighted by Crippen LogP contribution is -2.24. The summed E-state index contributed by atoms with van der Waals surface area (Å²) in [4.78, 5) is 13.0. The van der Waals surface area contributed by atoms with E-state index in [1.807, 2.05) is 24.3 Å². The lowest BCUT2D eigenvalue weighted by Gasteiger charge is -2.22. The third kappa shape index (κ3) is 3.76. The fraction of sp³-hybridized carbons (Fsp3) is 0.533. The van der Waals surface area contributed by atoms with E-state index in [0.717, 1.165) is 17.8 Å². The van der Waals surface area contributed by atoms with Gasteiger partial charge in [-0.1, -0.05) is 26.3 Å². The maximum absolute atomic E-state index is 11.3. The topological polar surface area (TPSA) is 32.3 Å². The zero-order chi connectivity index (χ0) is 13.7. The van der Waals surface area contributed by atoms with Crippen LogP contribution in [0.15, 0.2) is 24.3 Å². The predicted molar refractivity (Wildman–Crippen MR) is 78.1 cm³/mol. The first-order valence-corrected chi connectivity index (χ1v) is 6.56. The largest absolute Gasteiger partial charge is 0.382 e. The van der Waals surface area contributed by atoms with Gasteiger partial charge in [0.1, 0.15) is 0 Å². The predicted octanol–water partition coefficient (Wildman–Crippen LogP) is 3.52. The minimum atomic E-state index is 0.0436. The summed E-state index contributed by atoms with van der Waals surface area (Å²) in [6, 6.07) is 8.39. The van der Waals surface area contributed by atoms with Crippen LogP contribution in [-0.4, -0.2) is 19.0 Å². The van der Waals surface area contributed by atoms with Crippen molar-refractivity contribution in [3.63, 3.8) is 0 Å². The number of anilines is 2. The Morgan fingerprint density at radius 1 is 1.39 bits per heavy atom. The van der Waals surface area contributed by atoms with E-state index in [0.29, 0.717) is 12.0 Å². The Hall–Kier alpha value is -1.51.